The summed E-state index contributed by atoms with van der Waals surface area (Å²) >= 11 is 0. The zero-order valence-corrected chi connectivity index (χ0v) is 19.3. The lowest BCUT2D eigenvalue weighted by Gasteiger charge is -2.40. The first kappa shape index (κ1) is 21.1. The molecule has 1 aromatic heterocycles. The van der Waals surface area contributed by atoms with Crippen LogP contribution in [-0.4, -0.2) is 29.7 Å². The van der Waals surface area contributed by atoms with Gasteiger partial charge < -0.3 is 14.3 Å². The molecule has 2 aliphatic rings. The van der Waals surface area contributed by atoms with Gasteiger partial charge in [0.25, 0.3) is 0 Å². The van der Waals surface area contributed by atoms with Crippen molar-refractivity contribution in [3.63, 3.8) is 0 Å². The molecule has 2 atom stereocenters. The Balaban J connectivity index is 1.64. The van der Waals surface area contributed by atoms with Gasteiger partial charge in [-0.25, -0.2) is 0 Å². The second-order valence-electron chi connectivity index (χ2n) is 10.7. The molecule has 32 heavy (non-hydrogen) atoms. The van der Waals surface area contributed by atoms with Crippen molar-refractivity contribution in [2.45, 2.75) is 52.6 Å². The van der Waals surface area contributed by atoms with E-state index in [-0.39, 0.29) is 16.6 Å². The fourth-order valence-electron chi connectivity index (χ4n) is 6.36. The summed E-state index contributed by atoms with van der Waals surface area (Å²) < 4.78 is 11.7. The van der Waals surface area contributed by atoms with Crippen molar-refractivity contribution >= 4 is 11.0 Å². The molecule has 5 heteroatoms. The van der Waals surface area contributed by atoms with Gasteiger partial charge in [-0.3, -0.25) is 9.69 Å². The minimum absolute atomic E-state index is 0.105. The summed E-state index contributed by atoms with van der Waals surface area (Å²) in [6.45, 7) is 8.61. The molecule has 0 amide bonds. The fraction of sp³-hybridized carbons (Fsp3) is 0.444. The largest absolute Gasteiger partial charge is 0.507 e. The first-order valence-electron chi connectivity index (χ1n) is 11.3. The van der Waals surface area contributed by atoms with Gasteiger partial charge in [-0.2, -0.15) is 0 Å². The Labute approximate surface area is 188 Å². The van der Waals surface area contributed by atoms with Gasteiger partial charge in [0.1, 0.15) is 22.6 Å². The number of phenols is 1. The molecule has 1 saturated heterocycles. The zero-order chi connectivity index (χ0) is 22.7. The van der Waals surface area contributed by atoms with E-state index >= 15 is 0 Å². The van der Waals surface area contributed by atoms with E-state index in [0.29, 0.717) is 46.0 Å². The van der Waals surface area contributed by atoms with E-state index < -0.39 is 0 Å². The number of hydrogen-bond acceptors (Lipinski definition) is 5. The summed E-state index contributed by atoms with van der Waals surface area (Å²) in [6.07, 6.45) is 3.51. The summed E-state index contributed by atoms with van der Waals surface area (Å²) in [5, 5.41) is 11.4. The van der Waals surface area contributed by atoms with Crippen LogP contribution in [0, 0.1) is 10.8 Å². The second kappa shape index (κ2) is 7.38. The summed E-state index contributed by atoms with van der Waals surface area (Å²) in [7, 11) is 1.50. The Morgan fingerprint density at radius 2 is 1.91 bits per heavy atom. The van der Waals surface area contributed by atoms with E-state index in [4.69, 9.17) is 9.15 Å². The lowest BCUT2D eigenvalue weighted by atomic mass is 9.65. The molecule has 2 aromatic carbocycles. The smallest absolute Gasteiger partial charge is 0.197 e. The number of likely N-dealkylation sites (tertiary alicyclic amines) is 1. The van der Waals surface area contributed by atoms with Crippen LogP contribution in [-0.2, 0) is 6.54 Å². The monoisotopic (exact) mass is 433 g/mol. The van der Waals surface area contributed by atoms with Crippen LogP contribution in [0.5, 0.6) is 11.5 Å². The molecule has 2 fully saturated rings. The highest BCUT2D eigenvalue weighted by Crippen LogP contribution is 2.53. The summed E-state index contributed by atoms with van der Waals surface area (Å²) in [5.41, 5.74) is 2.32. The zero-order valence-electron chi connectivity index (χ0n) is 19.3. The maximum absolute atomic E-state index is 13.1. The van der Waals surface area contributed by atoms with Crippen LogP contribution in [0.3, 0.4) is 0 Å². The molecule has 1 aliphatic heterocycles. The highest BCUT2D eigenvalue weighted by Gasteiger charge is 2.49. The Morgan fingerprint density at radius 3 is 2.62 bits per heavy atom. The fourth-order valence-corrected chi connectivity index (χ4v) is 6.36. The highest BCUT2D eigenvalue weighted by molar-refractivity contribution is 5.89. The maximum Gasteiger partial charge on any atom is 0.197 e. The Morgan fingerprint density at radius 1 is 1.16 bits per heavy atom. The first-order valence-corrected chi connectivity index (χ1v) is 11.3. The number of aromatic hydroxyl groups is 1. The number of benzene rings is 2. The Bertz CT molecular complexity index is 1230. The molecule has 168 valence electrons. The average molecular weight is 434 g/mol. The number of rotatable bonds is 4. The normalized spacial score (nSPS) is 24.7. The average Bonchev–Trinajstić information content (AvgIpc) is 2.97. The van der Waals surface area contributed by atoms with Crippen molar-refractivity contribution in [3.8, 4) is 22.8 Å². The quantitative estimate of drug-likeness (QED) is 0.582. The van der Waals surface area contributed by atoms with Crippen molar-refractivity contribution in [1.82, 2.24) is 4.90 Å². The number of fused-ring (bicyclic) bond motifs is 3. The molecule has 0 spiro atoms. The summed E-state index contributed by atoms with van der Waals surface area (Å²) in [6, 6.07) is 13.1. The minimum Gasteiger partial charge on any atom is -0.507 e. The molecule has 5 rings (SSSR count). The lowest BCUT2D eigenvalue weighted by molar-refractivity contribution is 0.126. The molecule has 2 unspecified atom stereocenters. The third kappa shape index (κ3) is 3.58. The van der Waals surface area contributed by atoms with Crippen molar-refractivity contribution in [1.29, 1.82) is 0 Å². The molecule has 0 radical (unpaired) electrons. The number of methoxy groups -OCH3 is 1. The maximum atomic E-state index is 13.1. The van der Waals surface area contributed by atoms with E-state index in [9.17, 15) is 9.90 Å². The van der Waals surface area contributed by atoms with Crippen LogP contribution in [0.2, 0.25) is 0 Å². The minimum atomic E-state index is -0.170. The van der Waals surface area contributed by atoms with Gasteiger partial charge in [0, 0.05) is 36.8 Å². The van der Waals surface area contributed by atoms with Gasteiger partial charge in [0.2, 0.25) is 0 Å². The van der Waals surface area contributed by atoms with Crippen molar-refractivity contribution in [3.05, 3.63) is 58.3 Å². The number of hydrogen-bond donors (Lipinski definition) is 1. The van der Waals surface area contributed by atoms with Crippen LogP contribution < -0.4 is 10.2 Å². The topological polar surface area (TPSA) is 62.9 Å². The lowest BCUT2D eigenvalue weighted by Crippen LogP contribution is -2.34. The first-order chi connectivity index (χ1) is 15.2. The van der Waals surface area contributed by atoms with E-state index in [0.717, 1.165) is 18.5 Å². The Kier molecular flexibility index (Phi) is 4.86. The highest BCUT2D eigenvalue weighted by atomic mass is 16.5. The van der Waals surface area contributed by atoms with Gasteiger partial charge >= 0.3 is 0 Å². The van der Waals surface area contributed by atoms with Crippen LogP contribution >= 0.6 is 0 Å². The molecule has 5 nitrogen and oxygen atoms in total. The third-order valence-electron chi connectivity index (χ3n) is 7.21. The van der Waals surface area contributed by atoms with Crippen LogP contribution in [0.4, 0.5) is 0 Å². The predicted octanol–water partition coefficient (Wildman–Crippen LogP) is 5.57. The number of ether oxygens (including phenoxy) is 1. The van der Waals surface area contributed by atoms with E-state index in [2.05, 4.69) is 25.7 Å². The molecular weight excluding hydrogens is 402 g/mol. The molecule has 3 aromatic rings. The number of nitrogens with zero attached hydrogens (tertiary/aromatic N) is 1. The molecule has 1 N–H and O–H groups in total. The van der Waals surface area contributed by atoms with Gasteiger partial charge in [-0.15, -0.1) is 0 Å². The van der Waals surface area contributed by atoms with Gasteiger partial charge in [-0.1, -0.05) is 51.1 Å². The van der Waals surface area contributed by atoms with Crippen molar-refractivity contribution in [2.24, 2.45) is 10.8 Å². The van der Waals surface area contributed by atoms with E-state index in [1.165, 1.54) is 26.0 Å². The van der Waals surface area contributed by atoms with Gasteiger partial charge in [0.05, 0.1) is 12.7 Å². The summed E-state index contributed by atoms with van der Waals surface area (Å²) in [4.78, 5) is 15.6. The Hall–Kier alpha value is -2.79. The predicted molar refractivity (Wildman–Crippen MR) is 126 cm³/mol. The van der Waals surface area contributed by atoms with Crippen molar-refractivity contribution in [2.75, 3.05) is 13.7 Å². The second-order valence-corrected chi connectivity index (χ2v) is 10.7. The van der Waals surface area contributed by atoms with Crippen LogP contribution in [0.25, 0.3) is 22.3 Å². The van der Waals surface area contributed by atoms with Crippen LogP contribution in [0.1, 0.15) is 45.6 Å². The standard InChI is InChI=1S/C27H31NO4/c1-26(2)12-18-13-27(3,15-26)16-28(18)14-19-20(29)10-23(31-4)24-21(30)11-22(32-25(19)24)17-8-6-5-7-9-17/h5-11,18,29H,12-16H2,1-4H3. The molecular formula is C27H31NO4. The third-order valence-corrected chi connectivity index (χ3v) is 7.21. The van der Waals surface area contributed by atoms with Gasteiger partial charge in [0.15, 0.2) is 11.0 Å². The van der Waals surface area contributed by atoms with E-state index in [1.807, 2.05) is 30.3 Å². The van der Waals surface area contributed by atoms with Gasteiger partial charge in [-0.05, 0) is 30.1 Å². The molecule has 1 aliphatic carbocycles. The van der Waals surface area contributed by atoms with E-state index in [1.54, 1.807) is 6.07 Å². The SMILES string of the molecule is COc1cc(O)c(CN2CC3(C)CC2CC(C)(C)C3)c2oc(-c3ccccc3)cc(=O)c12. The van der Waals surface area contributed by atoms with Crippen LogP contribution in [0.15, 0.2) is 51.7 Å². The van der Waals surface area contributed by atoms with Crippen molar-refractivity contribution < 1.29 is 14.3 Å². The summed E-state index contributed by atoms with van der Waals surface area (Å²) in [5.74, 6) is 0.932. The molecule has 1 saturated carbocycles. The molecule has 2 bridgehead atoms. The molecule has 2 heterocycles. The number of phenolic OH excluding ortho intramolecular Hbond substituents is 1.